The number of benzene rings is 5. The summed E-state index contributed by atoms with van der Waals surface area (Å²) >= 11 is 6.89. The zero-order valence-corrected chi connectivity index (χ0v) is 31.2. The van der Waals surface area contributed by atoms with E-state index in [1.807, 2.05) is 134 Å². The molecule has 0 spiro atoms. The van der Waals surface area contributed by atoms with E-state index in [0.717, 1.165) is 39.1 Å². The Bertz CT molecular complexity index is 1850. The third-order valence-electron chi connectivity index (χ3n) is 9.26. The Balaban J connectivity index is 1.44. The summed E-state index contributed by atoms with van der Waals surface area (Å²) in [6.45, 7) is 3.50. The average molecular weight is 735 g/mol. The summed E-state index contributed by atoms with van der Waals surface area (Å²) in [4.78, 5) is 0. The fourth-order valence-corrected chi connectivity index (χ4v) is 6.80. The largest absolute Gasteiger partial charge is 0.505 e. The molecule has 0 N–H and O–H groups in total. The van der Waals surface area contributed by atoms with E-state index in [1.54, 1.807) is 20.5 Å². The summed E-state index contributed by atoms with van der Waals surface area (Å²) in [5.74, 6) is -0.631. The van der Waals surface area contributed by atoms with Crippen LogP contribution in [0.25, 0.3) is 0 Å². The van der Waals surface area contributed by atoms with Gasteiger partial charge in [0.15, 0.2) is 0 Å². The molecule has 0 saturated carbocycles. The molecule has 2 unspecified atom stereocenters. The van der Waals surface area contributed by atoms with Crippen LogP contribution >= 0.6 is 11.6 Å². The molecule has 5 aromatic carbocycles. The minimum Gasteiger partial charge on any atom is -0.505 e. The van der Waals surface area contributed by atoms with Gasteiger partial charge in [-0.05, 0) is 71.5 Å². The van der Waals surface area contributed by atoms with E-state index in [9.17, 15) is 0 Å². The van der Waals surface area contributed by atoms with E-state index >= 15 is 0 Å². The van der Waals surface area contributed by atoms with Crippen LogP contribution in [0.5, 0.6) is 5.75 Å². The Labute approximate surface area is 318 Å². The Morgan fingerprint density at radius 3 is 1.77 bits per heavy atom. The maximum Gasteiger partial charge on any atom is 0.225 e. The third-order valence-corrected chi connectivity index (χ3v) is 9.63. The van der Waals surface area contributed by atoms with Crippen molar-refractivity contribution in [1.29, 1.82) is 0 Å². The molecule has 1 aliphatic rings. The van der Waals surface area contributed by atoms with Gasteiger partial charge in [0.2, 0.25) is 5.79 Å². The van der Waals surface area contributed by atoms with Crippen molar-refractivity contribution in [2.75, 3.05) is 20.8 Å². The van der Waals surface area contributed by atoms with Crippen molar-refractivity contribution in [3.8, 4) is 5.75 Å². The van der Waals surface area contributed by atoms with Crippen molar-refractivity contribution in [1.82, 2.24) is 0 Å². The van der Waals surface area contributed by atoms with Crippen molar-refractivity contribution >= 4 is 11.6 Å². The molecule has 8 heteroatoms. The van der Waals surface area contributed by atoms with Gasteiger partial charge in [-0.2, -0.15) is 0 Å². The zero-order chi connectivity index (χ0) is 36.9. The SMILES string of the molecule is CCOc1ccc(Cc2cc([C@]3(OC)OC(/C=C/OC)[C@@H](OCc4ccccc4)C(OCc4ccccc4)[C@H]3OCc3ccccc3)ccc2Cl)cc1. The summed E-state index contributed by atoms with van der Waals surface area (Å²) in [6, 6.07) is 44.0. The molecular weight excluding hydrogens is 688 g/mol. The van der Waals surface area contributed by atoms with E-state index < -0.39 is 30.2 Å². The van der Waals surface area contributed by atoms with Crippen LogP contribution in [0.15, 0.2) is 146 Å². The molecule has 1 saturated heterocycles. The minimum atomic E-state index is -1.45. The first-order chi connectivity index (χ1) is 26.0. The van der Waals surface area contributed by atoms with Crippen molar-refractivity contribution in [3.63, 3.8) is 0 Å². The van der Waals surface area contributed by atoms with Crippen LogP contribution in [0.2, 0.25) is 5.02 Å². The predicted octanol–water partition coefficient (Wildman–Crippen LogP) is 9.44. The van der Waals surface area contributed by atoms with E-state index in [4.69, 9.17) is 44.8 Å². The van der Waals surface area contributed by atoms with Crippen LogP contribution in [-0.4, -0.2) is 45.2 Å². The quantitative estimate of drug-likeness (QED) is 0.0883. The molecule has 5 aromatic rings. The van der Waals surface area contributed by atoms with Crippen LogP contribution in [0.4, 0.5) is 0 Å². The van der Waals surface area contributed by atoms with E-state index in [-0.39, 0.29) is 6.61 Å². The van der Waals surface area contributed by atoms with Gasteiger partial charge in [-0.1, -0.05) is 121 Å². The monoisotopic (exact) mass is 734 g/mol. The highest BCUT2D eigenvalue weighted by Crippen LogP contribution is 2.45. The molecule has 0 amide bonds. The average Bonchev–Trinajstić information content (AvgIpc) is 3.20. The van der Waals surface area contributed by atoms with Gasteiger partial charge in [-0.15, -0.1) is 0 Å². The summed E-state index contributed by atoms with van der Waals surface area (Å²) in [7, 11) is 3.24. The Kier molecular flexibility index (Phi) is 13.7. The van der Waals surface area contributed by atoms with Gasteiger partial charge in [0.05, 0.1) is 39.8 Å². The van der Waals surface area contributed by atoms with Gasteiger partial charge in [0, 0.05) is 17.7 Å². The lowest BCUT2D eigenvalue weighted by atomic mass is 9.86. The highest BCUT2D eigenvalue weighted by atomic mass is 35.5. The van der Waals surface area contributed by atoms with E-state index in [2.05, 4.69) is 12.1 Å². The number of methoxy groups -OCH3 is 2. The molecule has 0 bridgehead atoms. The van der Waals surface area contributed by atoms with Crippen LogP contribution in [0.1, 0.15) is 40.3 Å². The number of halogens is 1. The van der Waals surface area contributed by atoms with Crippen LogP contribution in [0, 0.1) is 0 Å². The Hall–Kier alpha value is -4.47. The molecule has 1 aliphatic heterocycles. The van der Waals surface area contributed by atoms with E-state index in [0.29, 0.717) is 31.3 Å². The van der Waals surface area contributed by atoms with Crippen molar-refractivity contribution in [3.05, 3.63) is 184 Å². The molecule has 5 atom stereocenters. The Morgan fingerprint density at radius 2 is 1.23 bits per heavy atom. The van der Waals surface area contributed by atoms with Crippen LogP contribution in [-0.2, 0) is 60.4 Å². The van der Waals surface area contributed by atoms with Gasteiger partial charge in [0.1, 0.15) is 30.2 Å². The lowest BCUT2D eigenvalue weighted by molar-refractivity contribution is -0.374. The highest BCUT2D eigenvalue weighted by molar-refractivity contribution is 6.31. The standard InChI is InChI=1S/C45H47ClO7/c1-4-49-39-23-20-33(21-24-39)28-37-29-38(22-25-40(37)46)45(48-3)44(52-32-36-18-12-7-13-19-36)43(51-31-35-16-10-6-11-17-35)42(41(53-45)26-27-47-2)50-30-34-14-8-5-9-15-34/h5-27,29,41-44H,4,28,30-32H2,1-3H3/b27-26+/t41?,42-,43?,44-,45+/m1/s1. The number of rotatable bonds is 17. The maximum absolute atomic E-state index is 7.10. The molecule has 0 aliphatic carbocycles. The molecule has 1 fully saturated rings. The molecule has 1 heterocycles. The summed E-state index contributed by atoms with van der Waals surface area (Å²) in [6.07, 6.45) is 1.26. The van der Waals surface area contributed by atoms with Crippen molar-refractivity contribution < 1.29 is 33.2 Å². The van der Waals surface area contributed by atoms with E-state index in [1.165, 1.54) is 0 Å². The Morgan fingerprint density at radius 1 is 0.660 bits per heavy atom. The summed E-state index contributed by atoms with van der Waals surface area (Å²) in [5.41, 5.74) is 5.75. The van der Waals surface area contributed by atoms with Gasteiger partial charge < -0.3 is 33.2 Å². The topological polar surface area (TPSA) is 64.6 Å². The number of ether oxygens (including phenoxy) is 7. The number of hydrogen-bond acceptors (Lipinski definition) is 7. The first-order valence-electron chi connectivity index (χ1n) is 17.9. The first-order valence-corrected chi connectivity index (χ1v) is 18.3. The van der Waals surface area contributed by atoms with Crippen LogP contribution < -0.4 is 4.74 Å². The van der Waals surface area contributed by atoms with Gasteiger partial charge >= 0.3 is 0 Å². The minimum absolute atomic E-state index is 0.280. The molecule has 276 valence electrons. The highest BCUT2D eigenvalue weighted by Gasteiger charge is 2.58. The molecule has 53 heavy (non-hydrogen) atoms. The summed E-state index contributed by atoms with van der Waals surface area (Å²) < 4.78 is 45.4. The van der Waals surface area contributed by atoms with Gasteiger partial charge in [-0.25, -0.2) is 0 Å². The second-order valence-corrected chi connectivity index (χ2v) is 13.2. The second-order valence-electron chi connectivity index (χ2n) is 12.8. The van der Waals surface area contributed by atoms with Gasteiger partial charge in [0.25, 0.3) is 0 Å². The molecule has 0 radical (unpaired) electrons. The van der Waals surface area contributed by atoms with Crippen LogP contribution in [0.3, 0.4) is 0 Å². The lowest BCUT2D eigenvalue weighted by Crippen LogP contribution is -2.65. The fourth-order valence-electron chi connectivity index (χ4n) is 6.62. The smallest absolute Gasteiger partial charge is 0.225 e. The molecule has 7 nitrogen and oxygen atoms in total. The van der Waals surface area contributed by atoms with Crippen molar-refractivity contribution in [2.45, 2.75) is 63.4 Å². The lowest BCUT2D eigenvalue weighted by Gasteiger charge is -2.51. The molecular formula is C45H47ClO7. The van der Waals surface area contributed by atoms with Crippen molar-refractivity contribution in [2.24, 2.45) is 0 Å². The summed E-state index contributed by atoms with van der Waals surface area (Å²) in [5, 5.41) is 0.628. The van der Waals surface area contributed by atoms with Gasteiger partial charge in [-0.3, -0.25) is 0 Å². The maximum atomic E-state index is 7.10. The fraction of sp³-hybridized carbons (Fsp3) is 0.289. The normalized spacial score (nSPS) is 21.4. The predicted molar refractivity (Wildman–Crippen MR) is 207 cm³/mol. The second kappa shape index (κ2) is 19.0. The number of hydrogen-bond donors (Lipinski definition) is 0. The third kappa shape index (κ3) is 9.75. The zero-order valence-electron chi connectivity index (χ0n) is 30.4. The molecule has 6 rings (SSSR count). The first kappa shape index (κ1) is 38.3. The molecule has 0 aromatic heterocycles.